The number of thiazole rings is 1. The number of rotatable bonds is 8. The van der Waals surface area contributed by atoms with Gasteiger partial charge in [-0.3, -0.25) is 9.89 Å². The molecular weight excluding hydrogens is 497 g/mol. The summed E-state index contributed by atoms with van der Waals surface area (Å²) in [6.45, 7) is 13.1. The zero-order valence-electron chi connectivity index (χ0n) is 19.1. The van der Waals surface area contributed by atoms with E-state index in [0.717, 1.165) is 35.7 Å². The summed E-state index contributed by atoms with van der Waals surface area (Å²) in [6.07, 6.45) is 2.66. The van der Waals surface area contributed by atoms with Crippen molar-refractivity contribution in [2.24, 2.45) is 16.8 Å². The van der Waals surface area contributed by atoms with Crippen molar-refractivity contribution in [1.29, 1.82) is 0 Å². The van der Waals surface area contributed by atoms with Crippen molar-refractivity contribution in [3.8, 4) is 0 Å². The predicted octanol–water partition coefficient (Wildman–Crippen LogP) is 4.23. The van der Waals surface area contributed by atoms with Crippen LogP contribution in [-0.4, -0.2) is 67.6 Å². The lowest BCUT2D eigenvalue weighted by Crippen LogP contribution is -2.51. The number of halogens is 1. The minimum absolute atomic E-state index is 0. The molecule has 0 amide bonds. The summed E-state index contributed by atoms with van der Waals surface area (Å²) >= 11 is 1.65. The van der Waals surface area contributed by atoms with E-state index in [0.29, 0.717) is 12.0 Å². The maximum atomic E-state index is 5.37. The van der Waals surface area contributed by atoms with Crippen LogP contribution >= 0.6 is 35.3 Å². The van der Waals surface area contributed by atoms with Crippen LogP contribution in [0.2, 0.25) is 0 Å². The maximum Gasteiger partial charge on any atom is 0.193 e. The van der Waals surface area contributed by atoms with E-state index in [9.17, 15) is 0 Å². The maximum absolute atomic E-state index is 5.37. The Kier molecular flexibility index (Phi) is 12.0. The molecule has 1 aromatic rings. The highest BCUT2D eigenvalue weighted by atomic mass is 127. The molecule has 1 fully saturated rings. The average Bonchev–Trinajstić information content (AvgIpc) is 3.13. The first kappa shape index (κ1) is 26.6. The van der Waals surface area contributed by atoms with E-state index in [1.807, 2.05) is 14.0 Å². The zero-order valence-corrected chi connectivity index (χ0v) is 22.3. The molecule has 1 N–H and O–H groups in total. The summed E-state index contributed by atoms with van der Waals surface area (Å²) in [5.41, 5.74) is 1.06. The van der Waals surface area contributed by atoms with Crippen LogP contribution in [0, 0.1) is 11.8 Å². The fraction of sp³-hybridized carbons (Fsp3) is 0.810. The SMILES string of the molecule is CN=C(NCC(C(C)C)N1CCC(C)CC1)N(C)Cc1csc(C(C)OC)n1.I. The Labute approximate surface area is 198 Å². The molecule has 0 aromatic carbocycles. The van der Waals surface area contributed by atoms with Crippen LogP contribution in [0.25, 0.3) is 0 Å². The fourth-order valence-electron chi connectivity index (χ4n) is 3.73. The minimum Gasteiger partial charge on any atom is -0.375 e. The molecule has 6 nitrogen and oxygen atoms in total. The molecule has 2 rings (SSSR count). The van der Waals surface area contributed by atoms with Crippen molar-refractivity contribution in [1.82, 2.24) is 20.1 Å². The number of hydrogen-bond acceptors (Lipinski definition) is 5. The Morgan fingerprint density at radius 3 is 2.59 bits per heavy atom. The van der Waals surface area contributed by atoms with Gasteiger partial charge >= 0.3 is 0 Å². The number of guanidine groups is 1. The summed E-state index contributed by atoms with van der Waals surface area (Å²) in [7, 11) is 5.64. The molecule has 2 unspecified atom stereocenters. The van der Waals surface area contributed by atoms with Gasteiger partial charge in [-0.1, -0.05) is 20.8 Å². The molecule has 2 atom stereocenters. The van der Waals surface area contributed by atoms with Crippen molar-refractivity contribution in [3.05, 3.63) is 16.1 Å². The zero-order chi connectivity index (χ0) is 20.7. The fourth-order valence-corrected chi connectivity index (χ4v) is 4.57. The Morgan fingerprint density at radius 1 is 1.38 bits per heavy atom. The number of methoxy groups -OCH3 is 1. The number of ether oxygens (including phenoxy) is 1. The topological polar surface area (TPSA) is 53.0 Å². The van der Waals surface area contributed by atoms with E-state index in [1.165, 1.54) is 25.9 Å². The second-order valence-corrected chi connectivity index (χ2v) is 9.26. The smallest absolute Gasteiger partial charge is 0.193 e. The molecule has 8 heteroatoms. The standard InChI is InChI=1S/C21H39N5OS.HI/c1-15(2)19(26-10-8-16(3)9-11-26)12-23-21(22-5)25(6)13-18-14-28-20(24-18)17(4)27-7;/h14-17,19H,8-13H2,1-7H3,(H,22,23);1H. The molecule has 168 valence electrons. The molecule has 1 aliphatic heterocycles. The van der Waals surface area contributed by atoms with Crippen LogP contribution in [0.15, 0.2) is 10.4 Å². The molecule has 2 heterocycles. The van der Waals surface area contributed by atoms with Crippen molar-refractivity contribution < 1.29 is 4.74 Å². The summed E-state index contributed by atoms with van der Waals surface area (Å²) < 4.78 is 5.37. The van der Waals surface area contributed by atoms with Crippen LogP contribution in [0.3, 0.4) is 0 Å². The molecule has 0 saturated carbocycles. The van der Waals surface area contributed by atoms with Gasteiger partial charge in [0.05, 0.1) is 12.2 Å². The second kappa shape index (κ2) is 13.1. The van der Waals surface area contributed by atoms with E-state index in [-0.39, 0.29) is 30.1 Å². The number of hydrogen-bond donors (Lipinski definition) is 1. The Hall–Kier alpha value is -0.450. The molecule has 29 heavy (non-hydrogen) atoms. The van der Waals surface area contributed by atoms with Crippen molar-refractivity contribution in [2.75, 3.05) is 40.8 Å². The lowest BCUT2D eigenvalue weighted by atomic mass is 9.94. The monoisotopic (exact) mass is 537 g/mol. The van der Waals surface area contributed by atoms with E-state index >= 15 is 0 Å². The van der Waals surface area contributed by atoms with E-state index in [1.54, 1.807) is 18.4 Å². The minimum atomic E-state index is 0. The van der Waals surface area contributed by atoms with Crippen LogP contribution < -0.4 is 5.32 Å². The Bertz CT molecular complexity index is 616. The van der Waals surface area contributed by atoms with Gasteiger partial charge in [0.2, 0.25) is 0 Å². The highest BCUT2D eigenvalue weighted by Crippen LogP contribution is 2.22. The molecule has 0 aliphatic carbocycles. The molecular formula is C21H40IN5OS. The van der Waals surface area contributed by atoms with Crippen LogP contribution in [0.5, 0.6) is 0 Å². The molecule has 0 spiro atoms. The number of nitrogens with one attached hydrogen (secondary N) is 1. The van der Waals surface area contributed by atoms with Crippen molar-refractivity contribution in [2.45, 2.75) is 59.2 Å². The normalized spacial score (nSPS) is 18.4. The molecule has 1 aromatic heterocycles. The number of likely N-dealkylation sites (tertiary alicyclic amines) is 1. The van der Waals surface area contributed by atoms with Crippen molar-refractivity contribution in [3.63, 3.8) is 0 Å². The highest BCUT2D eigenvalue weighted by molar-refractivity contribution is 14.0. The van der Waals surface area contributed by atoms with Gasteiger partial charge < -0.3 is 15.0 Å². The van der Waals surface area contributed by atoms with E-state index < -0.39 is 0 Å². The Balaban J connectivity index is 0.00000420. The molecule has 1 aliphatic rings. The number of nitrogens with zero attached hydrogens (tertiary/aromatic N) is 4. The van der Waals surface area contributed by atoms with Crippen LogP contribution in [0.1, 0.15) is 57.3 Å². The third kappa shape index (κ3) is 7.95. The van der Waals surface area contributed by atoms with Gasteiger partial charge in [-0.05, 0) is 44.7 Å². The first-order chi connectivity index (χ1) is 13.3. The number of aliphatic imine (C=N–C) groups is 1. The van der Waals surface area contributed by atoms with E-state index in [2.05, 4.69) is 53.3 Å². The van der Waals surface area contributed by atoms with Gasteiger partial charge in [0.25, 0.3) is 0 Å². The third-order valence-electron chi connectivity index (χ3n) is 5.77. The van der Waals surface area contributed by atoms with Gasteiger partial charge in [-0.2, -0.15) is 0 Å². The van der Waals surface area contributed by atoms with Gasteiger partial charge in [-0.25, -0.2) is 4.98 Å². The Morgan fingerprint density at radius 2 is 2.03 bits per heavy atom. The van der Waals surface area contributed by atoms with Gasteiger partial charge in [0.1, 0.15) is 11.1 Å². The first-order valence-electron chi connectivity index (χ1n) is 10.5. The van der Waals surface area contributed by atoms with Gasteiger partial charge in [-0.15, -0.1) is 35.3 Å². The summed E-state index contributed by atoms with van der Waals surface area (Å²) in [5, 5.41) is 6.74. The summed E-state index contributed by atoms with van der Waals surface area (Å²) in [5.74, 6) is 2.39. The second-order valence-electron chi connectivity index (χ2n) is 8.37. The highest BCUT2D eigenvalue weighted by Gasteiger charge is 2.26. The first-order valence-corrected chi connectivity index (χ1v) is 11.4. The number of aromatic nitrogens is 1. The van der Waals surface area contributed by atoms with E-state index in [4.69, 9.17) is 9.72 Å². The third-order valence-corrected chi connectivity index (χ3v) is 6.82. The molecule has 0 bridgehead atoms. The van der Waals surface area contributed by atoms with Crippen LogP contribution in [0.4, 0.5) is 0 Å². The average molecular weight is 538 g/mol. The predicted molar refractivity (Wildman–Crippen MR) is 134 cm³/mol. The summed E-state index contributed by atoms with van der Waals surface area (Å²) in [6, 6.07) is 0.533. The number of piperidine rings is 1. The lowest BCUT2D eigenvalue weighted by molar-refractivity contribution is 0.109. The largest absolute Gasteiger partial charge is 0.375 e. The van der Waals surface area contributed by atoms with Gasteiger partial charge in [0, 0.05) is 39.2 Å². The van der Waals surface area contributed by atoms with Gasteiger partial charge in [0.15, 0.2) is 5.96 Å². The molecule has 0 radical (unpaired) electrons. The summed E-state index contributed by atoms with van der Waals surface area (Å²) in [4.78, 5) is 14.0. The lowest BCUT2D eigenvalue weighted by Gasteiger charge is -2.39. The van der Waals surface area contributed by atoms with Crippen molar-refractivity contribution >= 4 is 41.3 Å². The quantitative estimate of drug-likeness (QED) is 0.306. The van der Waals surface area contributed by atoms with Crippen LogP contribution in [-0.2, 0) is 11.3 Å². The molecule has 1 saturated heterocycles.